The molecule has 0 aromatic heterocycles. The predicted octanol–water partition coefficient (Wildman–Crippen LogP) is 4.60. The molecule has 2 rings (SSSR count). The summed E-state index contributed by atoms with van der Waals surface area (Å²) in [7, 11) is 0. The summed E-state index contributed by atoms with van der Waals surface area (Å²) in [5.41, 5.74) is 6.64. The number of halogens is 3. The summed E-state index contributed by atoms with van der Waals surface area (Å²) < 4.78 is 27.3. The summed E-state index contributed by atoms with van der Waals surface area (Å²) in [6.45, 7) is 0. The number of thioether (sulfide) groups is 1. The van der Waals surface area contributed by atoms with E-state index in [0.717, 1.165) is 21.5 Å². The molecule has 0 spiro atoms. The molecule has 0 heterocycles. The van der Waals surface area contributed by atoms with Crippen LogP contribution in [0.3, 0.4) is 0 Å². The zero-order chi connectivity index (χ0) is 13.1. The highest BCUT2D eigenvalue weighted by Crippen LogP contribution is 2.32. The maximum atomic E-state index is 13.4. The van der Waals surface area contributed by atoms with Crippen molar-refractivity contribution < 1.29 is 8.78 Å². The van der Waals surface area contributed by atoms with Gasteiger partial charge >= 0.3 is 0 Å². The Kier molecular flexibility index (Phi) is 4.24. The minimum atomic E-state index is -0.427. The van der Waals surface area contributed by atoms with E-state index in [-0.39, 0.29) is 0 Å². The van der Waals surface area contributed by atoms with Gasteiger partial charge in [-0.15, -0.1) is 11.8 Å². The van der Waals surface area contributed by atoms with Gasteiger partial charge in [0.2, 0.25) is 0 Å². The quantitative estimate of drug-likeness (QED) is 0.657. The van der Waals surface area contributed by atoms with E-state index in [2.05, 4.69) is 15.9 Å². The van der Waals surface area contributed by atoms with E-state index >= 15 is 0 Å². The van der Waals surface area contributed by atoms with E-state index in [1.54, 1.807) is 12.1 Å². The molecule has 0 unspecified atom stereocenters. The Morgan fingerprint density at radius 1 is 1.11 bits per heavy atom. The Balaban J connectivity index is 2.13. The second kappa shape index (κ2) is 5.71. The zero-order valence-corrected chi connectivity index (χ0v) is 11.7. The summed E-state index contributed by atoms with van der Waals surface area (Å²) in [4.78, 5) is 0.938. The highest BCUT2D eigenvalue weighted by molar-refractivity contribution is 9.10. The van der Waals surface area contributed by atoms with Gasteiger partial charge < -0.3 is 5.73 Å². The van der Waals surface area contributed by atoms with Crippen molar-refractivity contribution in [3.63, 3.8) is 0 Å². The molecule has 0 radical (unpaired) electrons. The molecule has 0 fully saturated rings. The van der Waals surface area contributed by atoms with E-state index in [1.165, 1.54) is 17.8 Å². The Morgan fingerprint density at radius 2 is 1.89 bits per heavy atom. The van der Waals surface area contributed by atoms with Crippen LogP contribution in [-0.4, -0.2) is 0 Å². The lowest BCUT2D eigenvalue weighted by Crippen LogP contribution is -1.90. The minimum absolute atomic E-state index is 0.351. The predicted molar refractivity (Wildman–Crippen MR) is 74.5 cm³/mol. The second-order valence-corrected chi connectivity index (χ2v) is 5.59. The first kappa shape index (κ1) is 13.4. The van der Waals surface area contributed by atoms with Crippen molar-refractivity contribution in [2.24, 2.45) is 0 Å². The first-order valence-electron chi connectivity index (χ1n) is 5.18. The van der Waals surface area contributed by atoms with Crippen molar-refractivity contribution in [1.29, 1.82) is 0 Å². The van der Waals surface area contributed by atoms with Crippen LogP contribution in [0.2, 0.25) is 0 Å². The van der Waals surface area contributed by atoms with Gasteiger partial charge in [0.1, 0.15) is 11.6 Å². The molecule has 0 aliphatic rings. The van der Waals surface area contributed by atoms with Gasteiger partial charge in [0.15, 0.2) is 0 Å². The van der Waals surface area contributed by atoms with E-state index in [4.69, 9.17) is 5.73 Å². The third-order valence-electron chi connectivity index (χ3n) is 2.35. The Bertz CT molecular complexity index is 575. The molecule has 1 nitrogen and oxygen atoms in total. The first-order chi connectivity index (χ1) is 8.56. The van der Waals surface area contributed by atoms with Gasteiger partial charge in [0.25, 0.3) is 0 Å². The number of rotatable bonds is 3. The fraction of sp³-hybridized carbons (Fsp3) is 0.0769. The number of nitrogen functional groups attached to an aromatic ring is 1. The molecule has 5 heteroatoms. The smallest absolute Gasteiger partial charge is 0.127 e. The number of anilines is 1. The minimum Gasteiger partial charge on any atom is -0.399 e. The van der Waals surface area contributed by atoms with Gasteiger partial charge in [0, 0.05) is 26.4 Å². The van der Waals surface area contributed by atoms with Crippen LogP contribution in [0, 0.1) is 11.6 Å². The highest BCUT2D eigenvalue weighted by atomic mass is 79.9. The number of benzene rings is 2. The van der Waals surface area contributed by atoms with Gasteiger partial charge in [-0.1, -0.05) is 0 Å². The summed E-state index contributed by atoms with van der Waals surface area (Å²) >= 11 is 4.81. The van der Waals surface area contributed by atoms with Crippen LogP contribution in [0.4, 0.5) is 14.5 Å². The largest absolute Gasteiger partial charge is 0.399 e. The number of hydrogen-bond donors (Lipinski definition) is 1. The molecule has 18 heavy (non-hydrogen) atoms. The fourth-order valence-electron chi connectivity index (χ4n) is 1.44. The lowest BCUT2D eigenvalue weighted by atomic mass is 10.2. The van der Waals surface area contributed by atoms with Crippen molar-refractivity contribution in [3.05, 3.63) is 58.1 Å². The van der Waals surface area contributed by atoms with Crippen LogP contribution < -0.4 is 5.73 Å². The maximum absolute atomic E-state index is 13.4. The van der Waals surface area contributed by atoms with Crippen molar-refractivity contribution in [1.82, 2.24) is 0 Å². The molecule has 0 aliphatic carbocycles. The highest BCUT2D eigenvalue weighted by Gasteiger charge is 2.06. The lowest BCUT2D eigenvalue weighted by molar-refractivity contribution is 0.591. The normalized spacial score (nSPS) is 10.6. The molecule has 2 aromatic rings. The van der Waals surface area contributed by atoms with Gasteiger partial charge in [-0.3, -0.25) is 0 Å². The molecule has 0 atom stereocenters. The van der Waals surface area contributed by atoms with Gasteiger partial charge in [-0.05, 0) is 52.3 Å². The molecule has 94 valence electrons. The molecule has 0 saturated heterocycles. The van der Waals surface area contributed by atoms with Crippen molar-refractivity contribution in [2.45, 2.75) is 10.6 Å². The topological polar surface area (TPSA) is 26.0 Å². The molecule has 0 aliphatic heterocycles. The molecular weight excluding hydrogens is 320 g/mol. The fourth-order valence-corrected chi connectivity index (χ4v) is 3.08. The van der Waals surface area contributed by atoms with Crippen LogP contribution in [0.5, 0.6) is 0 Å². The average Bonchev–Trinajstić information content (AvgIpc) is 2.32. The molecule has 2 N–H and O–H groups in total. The first-order valence-corrected chi connectivity index (χ1v) is 6.96. The Labute approximate surface area is 117 Å². The van der Waals surface area contributed by atoms with Crippen molar-refractivity contribution in [3.8, 4) is 0 Å². The van der Waals surface area contributed by atoms with Crippen LogP contribution in [-0.2, 0) is 5.75 Å². The standard InChI is InChI=1S/C13H10BrF2NS/c14-11-6-10(17)2-4-13(11)18-7-8-5-9(15)1-3-12(8)16/h1-6H,7,17H2. The van der Waals surface area contributed by atoms with Gasteiger partial charge in [-0.25, -0.2) is 8.78 Å². The van der Waals surface area contributed by atoms with E-state index in [0.29, 0.717) is 17.0 Å². The SMILES string of the molecule is Nc1ccc(SCc2cc(F)ccc2F)c(Br)c1. The summed E-state index contributed by atoms with van der Waals surface area (Å²) in [5.74, 6) is -0.453. The average molecular weight is 330 g/mol. The van der Waals surface area contributed by atoms with E-state index in [1.807, 2.05) is 6.07 Å². The van der Waals surface area contributed by atoms with E-state index in [9.17, 15) is 8.78 Å². The van der Waals surface area contributed by atoms with E-state index < -0.39 is 11.6 Å². The third-order valence-corrected chi connectivity index (χ3v) is 4.39. The van der Waals surface area contributed by atoms with Gasteiger partial charge in [-0.2, -0.15) is 0 Å². The molecular formula is C13H10BrF2NS. The lowest BCUT2D eigenvalue weighted by Gasteiger charge is -2.06. The molecule has 0 saturated carbocycles. The second-order valence-electron chi connectivity index (χ2n) is 3.71. The molecule has 0 bridgehead atoms. The monoisotopic (exact) mass is 329 g/mol. The van der Waals surface area contributed by atoms with Crippen LogP contribution in [0.1, 0.15) is 5.56 Å². The van der Waals surface area contributed by atoms with Crippen molar-refractivity contribution >= 4 is 33.4 Å². The van der Waals surface area contributed by atoms with Crippen molar-refractivity contribution in [2.75, 3.05) is 5.73 Å². The molecule has 2 aromatic carbocycles. The van der Waals surface area contributed by atoms with Gasteiger partial charge in [0.05, 0.1) is 0 Å². The van der Waals surface area contributed by atoms with Crippen LogP contribution in [0.15, 0.2) is 45.8 Å². The van der Waals surface area contributed by atoms with Crippen LogP contribution in [0.25, 0.3) is 0 Å². The zero-order valence-electron chi connectivity index (χ0n) is 9.29. The Morgan fingerprint density at radius 3 is 2.61 bits per heavy atom. The number of nitrogens with two attached hydrogens (primary N) is 1. The molecule has 0 amide bonds. The summed E-state index contributed by atoms with van der Waals surface area (Å²) in [6.07, 6.45) is 0. The van der Waals surface area contributed by atoms with Crippen LogP contribution >= 0.6 is 27.7 Å². The number of hydrogen-bond acceptors (Lipinski definition) is 2. The summed E-state index contributed by atoms with van der Waals surface area (Å²) in [5, 5.41) is 0. The summed E-state index contributed by atoms with van der Waals surface area (Å²) in [6, 6.07) is 8.88. The maximum Gasteiger partial charge on any atom is 0.127 e. The Hall–Kier alpha value is -1.07. The third kappa shape index (κ3) is 3.23.